The Balaban J connectivity index is 1.36. The monoisotopic (exact) mass is 396 g/mol. The molecule has 1 amide bonds. The summed E-state index contributed by atoms with van der Waals surface area (Å²) < 4.78 is 10.5. The van der Waals surface area contributed by atoms with Crippen LogP contribution >= 0.6 is 0 Å². The number of hydrazone groups is 1. The molecule has 1 saturated heterocycles. The van der Waals surface area contributed by atoms with Crippen LogP contribution in [0.4, 0.5) is 6.01 Å². The van der Waals surface area contributed by atoms with Gasteiger partial charge in [0.1, 0.15) is 0 Å². The number of anilines is 1. The normalized spacial score (nSPS) is 19.6. The lowest BCUT2D eigenvalue weighted by Gasteiger charge is -2.33. The summed E-state index contributed by atoms with van der Waals surface area (Å²) in [5.41, 5.74) is 1.10. The first-order chi connectivity index (χ1) is 14.2. The van der Waals surface area contributed by atoms with E-state index < -0.39 is 5.97 Å². The zero-order chi connectivity index (χ0) is 20.2. The van der Waals surface area contributed by atoms with Gasteiger partial charge in [-0.25, -0.2) is 14.8 Å². The molecule has 0 radical (unpaired) electrons. The van der Waals surface area contributed by atoms with Crippen molar-refractivity contribution in [2.75, 3.05) is 24.6 Å². The summed E-state index contributed by atoms with van der Waals surface area (Å²) in [5, 5.41) is 5.99. The van der Waals surface area contributed by atoms with Gasteiger partial charge >= 0.3 is 5.97 Å². The summed E-state index contributed by atoms with van der Waals surface area (Å²) in [6, 6.07) is 10.4. The number of rotatable bonds is 5. The number of carbonyl (C=O) groups excluding carboxylic acids is 2. The first kappa shape index (κ1) is 19.2. The van der Waals surface area contributed by atoms with Gasteiger partial charge in [0, 0.05) is 31.6 Å². The summed E-state index contributed by atoms with van der Waals surface area (Å²) in [4.78, 5) is 31.0. The average molecular weight is 396 g/mol. The molecule has 0 N–H and O–H groups in total. The van der Waals surface area contributed by atoms with Gasteiger partial charge in [0.2, 0.25) is 11.7 Å². The molecule has 1 fully saturated rings. The quantitative estimate of drug-likeness (QED) is 0.722. The van der Waals surface area contributed by atoms with Crippen molar-refractivity contribution in [3.05, 3.63) is 47.9 Å². The lowest BCUT2D eigenvalue weighted by atomic mass is 9.94. The Kier molecular flexibility index (Phi) is 5.59. The summed E-state index contributed by atoms with van der Waals surface area (Å²) in [6.07, 6.45) is 5.30. The molecule has 29 heavy (non-hydrogen) atoms. The second kappa shape index (κ2) is 8.46. The highest BCUT2D eigenvalue weighted by Gasteiger charge is 2.35. The second-order valence-electron chi connectivity index (χ2n) is 7.13. The number of aromatic nitrogens is 1. The van der Waals surface area contributed by atoms with E-state index in [2.05, 4.69) is 10.1 Å². The number of carbonyl (C=O) groups is 2. The highest BCUT2D eigenvalue weighted by molar-refractivity contribution is 5.86. The van der Waals surface area contributed by atoms with E-state index >= 15 is 0 Å². The minimum atomic E-state index is -0.518. The molecule has 8 nitrogen and oxygen atoms in total. The molecule has 4 rings (SSSR count). The molecule has 152 valence electrons. The Bertz CT molecular complexity index is 887. The van der Waals surface area contributed by atoms with E-state index in [9.17, 15) is 9.59 Å². The molecule has 1 aromatic heterocycles. The minimum Gasteiger partial charge on any atom is -0.460 e. The molecule has 1 atom stereocenters. The maximum absolute atomic E-state index is 13.1. The van der Waals surface area contributed by atoms with Gasteiger partial charge in [-0.05, 0) is 25.3 Å². The first-order valence-electron chi connectivity index (χ1n) is 9.95. The van der Waals surface area contributed by atoms with Crippen LogP contribution in [0.25, 0.3) is 0 Å². The maximum atomic E-state index is 13.1. The Labute approximate surface area is 169 Å². The molecule has 2 aromatic rings. The zero-order valence-corrected chi connectivity index (χ0v) is 16.4. The van der Waals surface area contributed by atoms with Crippen molar-refractivity contribution in [1.29, 1.82) is 0 Å². The summed E-state index contributed by atoms with van der Waals surface area (Å²) in [6.45, 7) is 3.29. The highest BCUT2D eigenvalue weighted by Crippen LogP contribution is 2.32. The van der Waals surface area contributed by atoms with E-state index in [1.54, 1.807) is 11.9 Å². The standard InChI is InChI=1S/C21H24N4O4/c1-2-28-20(27)18-14-22-21(29-18)24-12-9-16(10-13-24)19(26)25-17(8-11-23-25)15-6-4-3-5-7-15/h3-7,11,14,16-17H,2,8-10,12-13H2,1H3/t17-/m0/s1. The van der Waals surface area contributed by atoms with Crippen molar-refractivity contribution in [1.82, 2.24) is 9.99 Å². The zero-order valence-electron chi connectivity index (χ0n) is 16.4. The smallest absolute Gasteiger partial charge is 0.376 e. The highest BCUT2D eigenvalue weighted by atomic mass is 16.5. The fourth-order valence-electron chi connectivity index (χ4n) is 3.79. The SMILES string of the molecule is CCOC(=O)c1cnc(N2CCC(C(=O)N3N=CC[C@H]3c3ccccc3)CC2)o1. The third-order valence-electron chi connectivity index (χ3n) is 5.32. The lowest BCUT2D eigenvalue weighted by Crippen LogP contribution is -2.41. The lowest BCUT2D eigenvalue weighted by molar-refractivity contribution is -0.138. The molecule has 0 bridgehead atoms. The molecule has 3 heterocycles. The predicted octanol–water partition coefficient (Wildman–Crippen LogP) is 3.03. The number of amides is 1. The van der Waals surface area contributed by atoms with E-state index in [0.29, 0.717) is 31.9 Å². The van der Waals surface area contributed by atoms with Crippen LogP contribution in [0.5, 0.6) is 0 Å². The minimum absolute atomic E-state index is 0.0272. The van der Waals surface area contributed by atoms with Crippen LogP contribution in [0.1, 0.15) is 48.3 Å². The van der Waals surface area contributed by atoms with Crippen LogP contribution < -0.4 is 4.90 Å². The van der Waals surface area contributed by atoms with Crippen LogP contribution in [0.2, 0.25) is 0 Å². The van der Waals surface area contributed by atoms with Gasteiger partial charge in [0.25, 0.3) is 6.01 Å². The van der Waals surface area contributed by atoms with Gasteiger partial charge < -0.3 is 14.1 Å². The number of oxazole rings is 1. The van der Waals surface area contributed by atoms with Gasteiger partial charge in [-0.3, -0.25) is 4.79 Å². The van der Waals surface area contributed by atoms with E-state index in [-0.39, 0.29) is 30.2 Å². The number of piperidine rings is 1. The van der Waals surface area contributed by atoms with Crippen molar-refractivity contribution in [2.45, 2.75) is 32.2 Å². The number of ether oxygens (including phenoxy) is 1. The molecule has 1 aromatic carbocycles. The third kappa shape index (κ3) is 4.01. The molecule has 0 unspecified atom stereocenters. The number of esters is 1. The van der Waals surface area contributed by atoms with E-state index in [4.69, 9.17) is 9.15 Å². The van der Waals surface area contributed by atoms with E-state index in [1.807, 2.05) is 41.4 Å². The molecule has 0 spiro atoms. The predicted molar refractivity (Wildman–Crippen MR) is 107 cm³/mol. The molecule has 8 heteroatoms. The van der Waals surface area contributed by atoms with Gasteiger partial charge in [-0.15, -0.1) is 0 Å². The van der Waals surface area contributed by atoms with Gasteiger partial charge in [-0.1, -0.05) is 30.3 Å². The fraction of sp³-hybridized carbons (Fsp3) is 0.429. The van der Waals surface area contributed by atoms with Gasteiger partial charge in [0.05, 0.1) is 18.8 Å². The molecule has 2 aliphatic rings. The van der Waals surface area contributed by atoms with Crippen molar-refractivity contribution >= 4 is 24.1 Å². The first-order valence-corrected chi connectivity index (χ1v) is 9.95. The Morgan fingerprint density at radius 3 is 2.69 bits per heavy atom. The summed E-state index contributed by atoms with van der Waals surface area (Å²) in [5.74, 6) is -0.452. The molecular formula is C21H24N4O4. The van der Waals surface area contributed by atoms with Crippen LogP contribution in [0.3, 0.4) is 0 Å². The van der Waals surface area contributed by atoms with Gasteiger partial charge in [0.15, 0.2) is 0 Å². The van der Waals surface area contributed by atoms with Crippen molar-refractivity contribution in [3.8, 4) is 0 Å². The molecule has 2 aliphatic heterocycles. The fourth-order valence-corrected chi connectivity index (χ4v) is 3.79. The Morgan fingerprint density at radius 1 is 1.21 bits per heavy atom. The third-order valence-corrected chi connectivity index (χ3v) is 5.32. The number of hydrogen-bond acceptors (Lipinski definition) is 7. The number of benzene rings is 1. The topological polar surface area (TPSA) is 88.2 Å². The number of hydrogen-bond donors (Lipinski definition) is 0. The van der Waals surface area contributed by atoms with E-state index in [0.717, 1.165) is 12.0 Å². The van der Waals surface area contributed by atoms with Crippen LogP contribution in [0.15, 0.2) is 46.0 Å². The van der Waals surface area contributed by atoms with E-state index in [1.165, 1.54) is 6.20 Å². The second-order valence-corrected chi connectivity index (χ2v) is 7.13. The molecule has 0 saturated carbocycles. The van der Waals surface area contributed by atoms with Gasteiger partial charge in [-0.2, -0.15) is 5.10 Å². The Hall–Kier alpha value is -3.16. The van der Waals surface area contributed by atoms with Crippen LogP contribution in [0, 0.1) is 5.92 Å². The Morgan fingerprint density at radius 2 is 1.97 bits per heavy atom. The van der Waals surface area contributed by atoms with Crippen LogP contribution in [-0.4, -0.2) is 47.8 Å². The summed E-state index contributed by atoms with van der Waals surface area (Å²) in [7, 11) is 0. The van der Waals surface area contributed by atoms with Crippen molar-refractivity contribution in [2.24, 2.45) is 11.0 Å². The average Bonchev–Trinajstić information content (AvgIpc) is 3.44. The molecular weight excluding hydrogens is 372 g/mol. The van der Waals surface area contributed by atoms with Crippen LogP contribution in [-0.2, 0) is 9.53 Å². The summed E-state index contributed by atoms with van der Waals surface area (Å²) >= 11 is 0. The molecule has 0 aliphatic carbocycles. The maximum Gasteiger partial charge on any atom is 0.376 e. The number of nitrogens with zero attached hydrogens (tertiary/aromatic N) is 4. The van der Waals surface area contributed by atoms with Crippen molar-refractivity contribution in [3.63, 3.8) is 0 Å². The van der Waals surface area contributed by atoms with Crippen molar-refractivity contribution < 1.29 is 18.7 Å². The largest absolute Gasteiger partial charge is 0.460 e.